The Morgan fingerprint density at radius 3 is 1.88 bits per heavy atom. The van der Waals surface area contributed by atoms with Gasteiger partial charge in [0, 0.05) is 26.7 Å². The molecule has 21 nitrogen and oxygen atoms in total. The average molecular weight is 704 g/mol. The third-order valence-corrected chi connectivity index (χ3v) is 6.72. The molecule has 48 heavy (non-hydrogen) atoms. The molecule has 4 heterocycles. The first kappa shape index (κ1) is 40.8. The van der Waals surface area contributed by atoms with Gasteiger partial charge in [0.25, 0.3) is 21.2 Å². The summed E-state index contributed by atoms with van der Waals surface area (Å²) in [6.45, 7) is 4.23. The molecule has 0 spiro atoms. The minimum Gasteiger partial charge on any atom is -0.467 e. The van der Waals surface area contributed by atoms with Gasteiger partial charge < -0.3 is 23.9 Å². The maximum atomic E-state index is 11.8. The molecule has 0 aliphatic carbocycles. The number of hydrogen-bond acceptors (Lipinski definition) is 16. The summed E-state index contributed by atoms with van der Waals surface area (Å²) in [6.07, 6.45) is 2.27. The van der Waals surface area contributed by atoms with Gasteiger partial charge in [0.15, 0.2) is 17.3 Å². The molecule has 0 saturated carbocycles. The molecule has 0 bridgehead atoms. The number of H-pyrrole nitrogens is 2. The number of aliphatic hydroxyl groups excluding tert-OH is 1. The molecule has 3 aromatic rings. The molecule has 3 N–H and O–H groups in total. The third kappa shape index (κ3) is 10.9. The van der Waals surface area contributed by atoms with Gasteiger partial charge in [-0.1, -0.05) is 0 Å². The van der Waals surface area contributed by atoms with Crippen molar-refractivity contribution in [2.45, 2.75) is 45.4 Å². The first-order valence-electron chi connectivity index (χ1n) is 13.5. The largest absolute Gasteiger partial charge is 0.467 e. The number of esters is 3. The number of aliphatic imine (C=N–C) groups is 1. The zero-order valence-electron chi connectivity index (χ0n) is 27.5. The van der Waals surface area contributed by atoms with Crippen molar-refractivity contribution in [1.82, 2.24) is 28.7 Å². The van der Waals surface area contributed by atoms with Gasteiger partial charge in [-0.05, 0) is 20.8 Å². The van der Waals surface area contributed by atoms with Crippen LogP contribution in [0.25, 0.3) is 11.2 Å². The SMILES string of the molecule is COC(=O)[C@@H](C)O.COC(=O)[C@@H](C)OS(C)(=O)=O.COC(=O)[C@H](C)n1cnc2c1c(=O)[nH]c(=O)n2C.Cn1c2c(c(=O)[nH]c1=O)CC=N2. The lowest BCUT2D eigenvalue weighted by atomic mass is 10.2. The molecule has 1 aliphatic heterocycles. The van der Waals surface area contributed by atoms with Gasteiger partial charge >= 0.3 is 29.3 Å². The van der Waals surface area contributed by atoms with Crippen LogP contribution in [0.5, 0.6) is 0 Å². The second-order valence-electron chi connectivity index (χ2n) is 9.64. The van der Waals surface area contributed by atoms with Gasteiger partial charge in [-0.3, -0.25) is 32.9 Å². The highest BCUT2D eigenvalue weighted by molar-refractivity contribution is 7.86. The second kappa shape index (κ2) is 17.6. The highest BCUT2D eigenvalue weighted by Crippen LogP contribution is 2.16. The maximum Gasteiger partial charge on any atom is 0.336 e. The number of ether oxygens (including phenoxy) is 3. The number of carbonyl (C=O) groups excluding carboxylic acids is 3. The van der Waals surface area contributed by atoms with Crippen molar-refractivity contribution in [3.8, 4) is 0 Å². The number of hydrogen-bond donors (Lipinski definition) is 3. The van der Waals surface area contributed by atoms with Crippen molar-refractivity contribution in [2.75, 3.05) is 27.6 Å². The average Bonchev–Trinajstić information content (AvgIpc) is 3.70. The lowest BCUT2D eigenvalue weighted by Gasteiger charge is -2.11. The van der Waals surface area contributed by atoms with E-state index in [4.69, 9.17) is 5.11 Å². The molecule has 3 aromatic heterocycles. The topological polar surface area (TPSA) is 282 Å². The number of fused-ring (bicyclic) bond motifs is 2. The fraction of sp³-hybridized carbons (Fsp3) is 0.500. The summed E-state index contributed by atoms with van der Waals surface area (Å²) >= 11 is 0. The number of imidazole rings is 1. The number of nitrogens with zero attached hydrogens (tertiary/aromatic N) is 5. The van der Waals surface area contributed by atoms with Crippen LogP contribution in [0.3, 0.4) is 0 Å². The molecule has 0 amide bonds. The smallest absolute Gasteiger partial charge is 0.336 e. The number of nitrogens with one attached hydrogen (secondary N) is 2. The third-order valence-electron chi connectivity index (χ3n) is 6.08. The Morgan fingerprint density at radius 2 is 1.40 bits per heavy atom. The van der Waals surface area contributed by atoms with Gasteiger partial charge in [-0.25, -0.2) is 33.9 Å². The minimum absolute atomic E-state index is 0.162. The summed E-state index contributed by atoms with van der Waals surface area (Å²) in [4.78, 5) is 89.7. The first-order chi connectivity index (χ1) is 22.2. The summed E-state index contributed by atoms with van der Waals surface area (Å²) in [7, 11) is 3.14. The quantitative estimate of drug-likeness (QED) is 0.136. The number of aryl methyl sites for hydroxylation is 1. The highest BCUT2D eigenvalue weighted by Gasteiger charge is 2.21. The van der Waals surface area contributed by atoms with Gasteiger partial charge in [0.05, 0.1) is 39.5 Å². The Labute approximate surface area is 271 Å². The van der Waals surface area contributed by atoms with E-state index >= 15 is 0 Å². The molecule has 0 radical (unpaired) electrons. The van der Waals surface area contributed by atoms with Crippen LogP contribution in [-0.2, 0) is 63.4 Å². The molecule has 22 heteroatoms. The number of methoxy groups -OCH3 is 3. The zero-order valence-corrected chi connectivity index (χ0v) is 28.3. The molecule has 0 fully saturated rings. The van der Waals surface area contributed by atoms with Crippen molar-refractivity contribution in [2.24, 2.45) is 19.1 Å². The molecule has 1 aliphatic rings. The van der Waals surface area contributed by atoms with Crippen molar-refractivity contribution >= 4 is 51.2 Å². The number of aromatic amines is 2. The van der Waals surface area contributed by atoms with E-state index in [0.29, 0.717) is 17.8 Å². The first-order valence-corrected chi connectivity index (χ1v) is 15.3. The van der Waals surface area contributed by atoms with Gasteiger partial charge in [-0.2, -0.15) is 8.42 Å². The Hall–Kier alpha value is -5.22. The van der Waals surface area contributed by atoms with Crippen LogP contribution in [0, 0.1) is 0 Å². The normalized spacial score (nSPS) is 13.2. The lowest BCUT2D eigenvalue weighted by Crippen LogP contribution is -2.30. The number of carbonyl (C=O) groups is 3. The predicted octanol–water partition coefficient (Wildman–Crippen LogP) is -2.45. The van der Waals surface area contributed by atoms with Crippen molar-refractivity contribution in [3.63, 3.8) is 0 Å². The Balaban J connectivity index is 0.000000339. The molecular weight excluding hydrogens is 666 g/mol. The van der Waals surface area contributed by atoms with Gasteiger partial charge in [-0.15, -0.1) is 0 Å². The van der Waals surface area contributed by atoms with E-state index in [1.807, 2.05) is 0 Å². The zero-order chi connectivity index (χ0) is 37.1. The van der Waals surface area contributed by atoms with Crippen molar-refractivity contribution in [3.05, 3.63) is 53.6 Å². The maximum absolute atomic E-state index is 11.8. The van der Waals surface area contributed by atoms with Crippen LogP contribution in [0.1, 0.15) is 32.4 Å². The van der Waals surface area contributed by atoms with Gasteiger partial charge in [0.2, 0.25) is 0 Å². The summed E-state index contributed by atoms with van der Waals surface area (Å²) in [5.41, 5.74) is -0.931. The van der Waals surface area contributed by atoms with E-state index in [-0.39, 0.29) is 16.7 Å². The standard InChI is InChI=1S/C10H12N4O4.C7H7N3O2.C5H10O5S.C4H8O3/c1-5(9(16)18-3)14-4-11-7-6(14)8(15)12-10(17)13(7)2;1-10-5-4(2-3-8-5)6(11)9-7(10)12;1-4(5(6)9-2)10-11(3,7)8;1-3(5)4(6)7-2/h4-5H,1-3H3,(H,12,15,17);3H,2H2,1H3,(H,9,11,12);4H,1-3H3;3,5H,1-2H3/t5-;;4-;3-/m0.11/s1. The molecular formula is C26H37N7O14S. The fourth-order valence-electron chi connectivity index (χ4n) is 3.60. The fourth-order valence-corrected chi connectivity index (χ4v) is 4.20. The van der Waals surface area contributed by atoms with Crippen LogP contribution in [0.15, 0.2) is 30.5 Å². The molecule has 3 atom stereocenters. The highest BCUT2D eigenvalue weighted by atomic mass is 32.2. The van der Waals surface area contributed by atoms with E-state index < -0.39 is 63.2 Å². The van der Waals surface area contributed by atoms with E-state index in [1.165, 1.54) is 55.1 Å². The van der Waals surface area contributed by atoms with E-state index in [2.05, 4.69) is 38.3 Å². The molecule has 266 valence electrons. The Bertz CT molecular complexity index is 2000. The van der Waals surface area contributed by atoms with Crippen molar-refractivity contribution in [1.29, 1.82) is 0 Å². The number of aromatic nitrogens is 6. The predicted molar refractivity (Wildman–Crippen MR) is 168 cm³/mol. The van der Waals surface area contributed by atoms with E-state index in [0.717, 1.165) is 13.4 Å². The minimum atomic E-state index is -3.58. The van der Waals surface area contributed by atoms with E-state index in [9.17, 15) is 42.0 Å². The summed E-state index contributed by atoms with van der Waals surface area (Å²) in [5, 5.41) is 8.35. The summed E-state index contributed by atoms with van der Waals surface area (Å²) < 4.78 is 42.0. The molecule has 4 rings (SSSR count). The van der Waals surface area contributed by atoms with Crippen LogP contribution in [0.2, 0.25) is 0 Å². The lowest BCUT2D eigenvalue weighted by molar-refractivity contribution is -0.149. The van der Waals surface area contributed by atoms with E-state index in [1.54, 1.807) is 20.2 Å². The van der Waals surface area contributed by atoms with Gasteiger partial charge in [0.1, 0.15) is 18.0 Å². The van der Waals surface area contributed by atoms with Crippen LogP contribution >= 0.6 is 0 Å². The monoisotopic (exact) mass is 703 g/mol. The molecule has 0 aromatic carbocycles. The molecule has 0 unspecified atom stereocenters. The number of rotatable bonds is 6. The van der Waals surface area contributed by atoms with Crippen molar-refractivity contribution < 1.29 is 46.3 Å². The molecule has 0 saturated heterocycles. The number of aliphatic hydroxyl groups is 1. The Kier molecular flexibility index (Phi) is 15.0. The van der Waals surface area contributed by atoms with Crippen LogP contribution in [-0.4, -0.2) is 106 Å². The Morgan fingerprint density at radius 1 is 0.875 bits per heavy atom. The summed E-state index contributed by atoms with van der Waals surface area (Å²) in [5.74, 6) is -1.33. The second-order valence-corrected chi connectivity index (χ2v) is 11.2. The van der Waals surface area contributed by atoms with Crippen LogP contribution in [0.4, 0.5) is 5.82 Å². The van der Waals surface area contributed by atoms with Crippen LogP contribution < -0.4 is 22.5 Å². The summed E-state index contributed by atoms with van der Waals surface area (Å²) in [6, 6.07) is -0.696.